The van der Waals surface area contributed by atoms with Crippen LogP contribution in [0.4, 0.5) is 10.7 Å². The van der Waals surface area contributed by atoms with Gasteiger partial charge in [0.15, 0.2) is 0 Å². The quantitative estimate of drug-likeness (QED) is 0.865. The predicted octanol–water partition coefficient (Wildman–Crippen LogP) is 4.12. The Morgan fingerprint density at radius 2 is 2.10 bits per heavy atom. The third kappa shape index (κ3) is 3.01. The molecule has 106 valence electrons. The Hall–Kier alpha value is -1.82. The van der Waals surface area contributed by atoms with Gasteiger partial charge in [0.05, 0.1) is 5.69 Å². The Balaban J connectivity index is 2.40. The second-order valence-electron chi connectivity index (χ2n) is 5.41. The largest absolute Gasteiger partial charge is 0.465 e. The molecule has 2 N–H and O–H groups in total. The van der Waals surface area contributed by atoms with Crippen LogP contribution in [0.2, 0.25) is 0 Å². The number of hydrogen-bond donors (Lipinski definition) is 2. The Kier molecular flexibility index (Phi) is 3.85. The van der Waals surface area contributed by atoms with E-state index in [1.165, 1.54) is 4.90 Å². The van der Waals surface area contributed by atoms with Gasteiger partial charge in [-0.1, -0.05) is 28.1 Å². The van der Waals surface area contributed by atoms with Gasteiger partial charge < -0.3 is 10.1 Å². The van der Waals surface area contributed by atoms with Crippen molar-refractivity contribution >= 4 is 28.0 Å². The molecule has 0 aliphatic carbocycles. The van der Waals surface area contributed by atoms with E-state index in [9.17, 15) is 9.90 Å². The maximum absolute atomic E-state index is 11.4. The Morgan fingerprint density at radius 3 is 2.65 bits per heavy atom. The smallest absolute Gasteiger partial charge is 0.414 e. The molecule has 5 nitrogen and oxygen atoms in total. The van der Waals surface area contributed by atoms with Gasteiger partial charge in [-0.2, -0.15) is 0 Å². The zero-order valence-electron chi connectivity index (χ0n) is 11.5. The van der Waals surface area contributed by atoms with Crippen LogP contribution in [-0.2, 0) is 0 Å². The minimum Gasteiger partial charge on any atom is -0.465 e. The van der Waals surface area contributed by atoms with Crippen LogP contribution in [0.1, 0.15) is 20.8 Å². The Morgan fingerprint density at radius 1 is 1.40 bits per heavy atom. The van der Waals surface area contributed by atoms with Crippen molar-refractivity contribution in [2.24, 2.45) is 0 Å². The Labute approximate surface area is 125 Å². The van der Waals surface area contributed by atoms with Gasteiger partial charge in [0.1, 0.15) is 0 Å². The van der Waals surface area contributed by atoms with Crippen molar-refractivity contribution < 1.29 is 9.90 Å². The number of hydrogen-bond acceptors (Lipinski definition) is 2. The number of carboxylic acid groups (broad SMARTS) is 1. The lowest BCUT2D eigenvalue weighted by atomic mass is 10.1. The number of aromatic amines is 1. The fraction of sp³-hybridized carbons (Fsp3) is 0.286. The zero-order chi connectivity index (χ0) is 14.9. The molecule has 0 atom stereocenters. The van der Waals surface area contributed by atoms with E-state index >= 15 is 0 Å². The number of imidazole rings is 1. The predicted molar refractivity (Wildman–Crippen MR) is 82.0 cm³/mol. The molecule has 0 radical (unpaired) electrons. The van der Waals surface area contributed by atoms with Crippen LogP contribution in [0.25, 0.3) is 11.3 Å². The monoisotopic (exact) mass is 337 g/mol. The van der Waals surface area contributed by atoms with Crippen LogP contribution in [-0.4, -0.2) is 26.7 Å². The van der Waals surface area contributed by atoms with Gasteiger partial charge in [0, 0.05) is 21.8 Å². The summed E-state index contributed by atoms with van der Waals surface area (Å²) in [7, 11) is 0. The number of amides is 1. The summed E-state index contributed by atoms with van der Waals surface area (Å²) in [6, 6.07) is 7.69. The van der Waals surface area contributed by atoms with Gasteiger partial charge in [0.25, 0.3) is 0 Å². The molecule has 1 aromatic heterocycles. The number of halogens is 1. The lowest BCUT2D eigenvalue weighted by Gasteiger charge is -2.30. The first-order valence-corrected chi connectivity index (χ1v) is 6.93. The van der Waals surface area contributed by atoms with Crippen LogP contribution in [0.15, 0.2) is 34.9 Å². The van der Waals surface area contributed by atoms with E-state index in [4.69, 9.17) is 0 Å². The van der Waals surface area contributed by atoms with Crippen molar-refractivity contribution in [1.82, 2.24) is 9.97 Å². The molecule has 0 fully saturated rings. The average Bonchev–Trinajstić information content (AvgIpc) is 2.75. The molecule has 0 bridgehead atoms. The van der Waals surface area contributed by atoms with Crippen molar-refractivity contribution in [3.8, 4) is 11.3 Å². The van der Waals surface area contributed by atoms with Gasteiger partial charge in [0.2, 0.25) is 5.95 Å². The number of rotatable bonds is 2. The molecule has 20 heavy (non-hydrogen) atoms. The first-order chi connectivity index (χ1) is 9.29. The van der Waals surface area contributed by atoms with Crippen molar-refractivity contribution in [2.75, 3.05) is 4.90 Å². The molecule has 0 saturated carbocycles. The van der Waals surface area contributed by atoms with Gasteiger partial charge in [-0.25, -0.2) is 14.7 Å². The SMILES string of the molecule is CC(C)(C)N(C(=O)O)c1nc(-c2cccc(Br)c2)c[nH]1. The molecule has 0 spiro atoms. The van der Waals surface area contributed by atoms with Crippen molar-refractivity contribution in [2.45, 2.75) is 26.3 Å². The fourth-order valence-corrected chi connectivity index (χ4v) is 2.32. The Bertz CT molecular complexity index is 631. The summed E-state index contributed by atoms with van der Waals surface area (Å²) in [4.78, 5) is 19.9. The summed E-state index contributed by atoms with van der Waals surface area (Å²) < 4.78 is 0.950. The zero-order valence-corrected chi connectivity index (χ0v) is 13.1. The summed E-state index contributed by atoms with van der Waals surface area (Å²) in [5.41, 5.74) is 1.05. The fourth-order valence-electron chi connectivity index (χ4n) is 1.92. The van der Waals surface area contributed by atoms with Crippen LogP contribution in [0, 0.1) is 0 Å². The molecular weight excluding hydrogens is 322 g/mol. The molecular formula is C14H16BrN3O2. The number of anilines is 1. The molecule has 0 aliphatic rings. The summed E-state index contributed by atoms with van der Waals surface area (Å²) in [5, 5.41) is 9.34. The molecule has 6 heteroatoms. The first-order valence-electron chi connectivity index (χ1n) is 6.13. The number of benzene rings is 1. The molecule has 2 rings (SSSR count). The third-order valence-electron chi connectivity index (χ3n) is 2.76. The maximum Gasteiger partial charge on any atom is 0.414 e. The van der Waals surface area contributed by atoms with Gasteiger partial charge in [-0.15, -0.1) is 0 Å². The summed E-state index contributed by atoms with van der Waals surface area (Å²) in [6.45, 7) is 5.47. The second-order valence-corrected chi connectivity index (χ2v) is 6.32. The topological polar surface area (TPSA) is 69.2 Å². The van der Waals surface area contributed by atoms with E-state index in [0.29, 0.717) is 11.6 Å². The lowest BCUT2D eigenvalue weighted by Crippen LogP contribution is -2.45. The summed E-state index contributed by atoms with van der Waals surface area (Å²) in [5.74, 6) is 0.319. The van der Waals surface area contributed by atoms with E-state index in [0.717, 1.165) is 10.0 Å². The molecule has 0 unspecified atom stereocenters. The van der Waals surface area contributed by atoms with E-state index in [1.54, 1.807) is 6.20 Å². The summed E-state index contributed by atoms with van der Waals surface area (Å²) >= 11 is 3.41. The minimum atomic E-state index is -1.03. The number of nitrogens with one attached hydrogen (secondary N) is 1. The van der Waals surface area contributed by atoms with Crippen molar-refractivity contribution in [1.29, 1.82) is 0 Å². The van der Waals surface area contributed by atoms with E-state index in [2.05, 4.69) is 25.9 Å². The first kappa shape index (κ1) is 14.6. The third-order valence-corrected chi connectivity index (χ3v) is 3.25. The molecule has 1 heterocycles. The number of aromatic nitrogens is 2. The summed E-state index contributed by atoms with van der Waals surface area (Å²) in [6.07, 6.45) is 0.673. The highest BCUT2D eigenvalue weighted by Gasteiger charge is 2.30. The average molecular weight is 338 g/mol. The molecule has 0 aliphatic heterocycles. The lowest BCUT2D eigenvalue weighted by molar-refractivity contribution is 0.195. The van der Waals surface area contributed by atoms with Gasteiger partial charge in [-0.3, -0.25) is 0 Å². The van der Waals surface area contributed by atoms with Crippen LogP contribution in [0.3, 0.4) is 0 Å². The minimum absolute atomic E-state index is 0.319. The number of carbonyl (C=O) groups is 1. The molecule has 1 amide bonds. The highest BCUT2D eigenvalue weighted by atomic mass is 79.9. The standard InChI is InChI=1S/C14H16BrN3O2/c1-14(2,3)18(13(19)20)12-16-8-11(17-12)9-5-4-6-10(15)7-9/h4-8H,1-3H3,(H,16,17)(H,19,20). The molecule has 2 aromatic rings. The second kappa shape index (κ2) is 5.28. The van der Waals surface area contributed by atoms with Crippen LogP contribution in [0.5, 0.6) is 0 Å². The molecule has 1 aromatic carbocycles. The number of H-pyrrole nitrogens is 1. The normalized spacial score (nSPS) is 11.4. The van der Waals surface area contributed by atoms with Crippen LogP contribution < -0.4 is 4.90 Å². The highest BCUT2D eigenvalue weighted by molar-refractivity contribution is 9.10. The van der Waals surface area contributed by atoms with E-state index < -0.39 is 11.6 Å². The number of nitrogens with zero attached hydrogens (tertiary/aromatic N) is 2. The molecule has 0 saturated heterocycles. The maximum atomic E-state index is 11.4. The van der Waals surface area contributed by atoms with Gasteiger partial charge >= 0.3 is 6.09 Å². The van der Waals surface area contributed by atoms with Crippen LogP contribution >= 0.6 is 15.9 Å². The van der Waals surface area contributed by atoms with Gasteiger partial charge in [-0.05, 0) is 32.9 Å². The highest BCUT2D eigenvalue weighted by Crippen LogP contribution is 2.26. The van der Waals surface area contributed by atoms with Crippen molar-refractivity contribution in [3.05, 3.63) is 34.9 Å². The van der Waals surface area contributed by atoms with E-state index in [-0.39, 0.29) is 0 Å². The van der Waals surface area contributed by atoms with Crippen molar-refractivity contribution in [3.63, 3.8) is 0 Å². The van der Waals surface area contributed by atoms with E-state index in [1.807, 2.05) is 45.0 Å².